The first kappa shape index (κ1) is 9.44. The van der Waals surface area contributed by atoms with Gasteiger partial charge in [-0.25, -0.2) is 0 Å². The molecule has 0 spiro atoms. The molecule has 2 heterocycles. The maximum atomic E-state index is 5.71. The van der Waals surface area contributed by atoms with Gasteiger partial charge in [0, 0.05) is 13.1 Å². The highest BCUT2D eigenvalue weighted by Crippen LogP contribution is 2.27. The largest absolute Gasteiger partial charge is 0.360 e. The summed E-state index contributed by atoms with van der Waals surface area (Å²) in [5, 5.41) is 3.43. The standard InChI is InChI=1S/C10H20N2O/c1-10(11-4-6-13-10)7-9-3-5-12(2)8-9/h9,11H,3-8H2,1-2H3. The van der Waals surface area contributed by atoms with Gasteiger partial charge in [-0.3, -0.25) is 5.32 Å². The lowest BCUT2D eigenvalue weighted by Gasteiger charge is -2.26. The number of nitrogens with zero attached hydrogens (tertiary/aromatic N) is 1. The van der Waals surface area contributed by atoms with Crippen LogP contribution >= 0.6 is 0 Å². The molecule has 3 heteroatoms. The molecule has 2 unspecified atom stereocenters. The Morgan fingerprint density at radius 2 is 2.46 bits per heavy atom. The number of likely N-dealkylation sites (tertiary alicyclic amines) is 1. The third-order valence-corrected chi connectivity index (χ3v) is 3.19. The van der Waals surface area contributed by atoms with Crippen molar-refractivity contribution in [2.75, 3.05) is 33.3 Å². The summed E-state index contributed by atoms with van der Waals surface area (Å²) in [6.07, 6.45) is 2.49. The highest BCUT2D eigenvalue weighted by atomic mass is 16.5. The van der Waals surface area contributed by atoms with Gasteiger partial charge >= 0.3 is 0 Å². The molecule has 2 aliphatic rings. The van der Waals surface area contributed by atoms with Crippen LogP contribution in [0.1, 0.15) is 19.8 Å². The van der Waals surface area contributed by atoms with Crippen LogP contribution in [0.15, 0.2) is 0 Å². The Bertz CT molecular complexity index is 178. The quantitative estimate of drug-likeness (QED) is 0.682. The predicted octanol–water partition coefficient (Wildman–Crippen LogP) is 0.664. The van der Waals surface area contributed by atoms with Crippen LogP contribution in [0.2, 0.25) is 0 Å². The summed E-state index contributed by atoms with van der Waals surface area (Å²) in [5.41, 5.74) is -0.0319. The fourth-order valence-corrected chi connectivity index (χ4v) is 2.52. The van der Waals surface area contributed by atoms with Gasteiger partial charge in [0.15, 0.2) is 0 Å². The van der Waals surface area contributed by atoms with Gasteiger partial charge in [0.1, 0.15) is 5.72 Å². The van der Waals surface area contributed by atoms with Gasteiger partial charge in [-0.05, 0) is 39.3 Å². The van der Waals surface area contributed by atoms with E-state index in [0.29, 0.717) is 0 Å². The summed E-state index contributed by atoms with van der Waals surface area (Å²) in [4.78, 5) is 2.41. The highest BCUT2D eigenvalue weighted by Gasteiger charge is 2.34. The van der Waals surface area contributed by atoms with Crippen LogP contribution < -0.4 is 5.32 Å². The molecule has 3 nitrogen and oxygen atoms in total. The average molecular weight is 184 g/mol. The molecule has 0 bridgehead atoms. The normalized spacial score (nSPS) is 41.5. The molecule has 0 aromatic rings. The zero-order chi connectivity index (χ0) is 9.31. The third-order valence-electron chi connectivity index (χ3n) is 3.19. The minimum Gasteiger partial charge on any atom is -0.360 e. The van der Waals surface area contributed by atoms with Crippen LogP contribution in [-0.4, -0.2) is 43.9 Å². The third kappa shape index (κ3) is 2.22. The Morgan fingerprint density at radius 3 is 3.00 bits per heavy atom. The van der Waals surface area contributed by atoms with Crippen molar-refractivity contribution in [3.05, 3.63) is 0 Å². The summed E-state index contributed by atoms with van der Waals surface area (Å²) in [5.74, 6) is 0.820. The van der Waals surface area contributed by atoms with Gasteiger partial charge in [-0.2, -0.15) is 0 Å². The lowest BCUT2D eigenvalue weighted by atomic mass is 9.97. The minimum absolute atomic E-state index is 0.0319. The molecule has 1 N–H and O–H groups in total. The number of nitrogens with one attached hydrogen (secondary N) is 1. The predicted molar refractivity (Wildman–Crippen MR) is 52.6 cm³/mol. The molecule has 2 saturated heterocycles. The van der Waals surface area contributed by atoms with Crippen LogP contribution in [0.3, 0.4) is 0 Å². The molecule has 13 heavy (non-hydrogen) atoms. The lowest BCUT2D eigenvalue weighted by molar-refractivity contribution is -0.0122. The molecular weight excluding hydrogens is 164 g/mol. The molecule has 0 radical (unpaired) electrons. The maximum Gasteiger partial charge on any atom is 0.116 e. The van der Waals surface area contributed by atoms with E-state index in [4.69, 9.17) is 4.74 Å². The molecule has 0 saturated carbocycles. The molecule has 2 fully saturated rings. The molecule has 2 rings (SSSR count). The van der Waals surface area contributed by atoms with Crippen molar-refractivity contribution in [2.45, 2.75) is 25.5 Å². The second-order valence-corrected chi connectivity index (χ2v) is 4.63. The summed E-state index contributed by atoms with van der Waals surface area (Å²) in [6, 6.07) is 0. The van der Waals surface area contributed by atoms with Crippen molar-refractivity contribution in [2.24, 2.45) is 5.92 Å². The first-order valence-electron chi connectivity index (χ1n) is 5.25. The van der Waals surface area contributed by atoms with Gasteiger partial charge in [0.25, 0.3) is 0 Å². The van der Waals surface area contributed by atoms with E-state index < -0.39 is 0 Å². The van der Waals surface area contributed by atoms with E-state index in [1.807, 2.05) is 0 Å². The topological polar surface area (TPSA) is 24.5 Å². The number of hydrogen-bond donors (Lipinski definition) is 1. The van der Waals surface area contributed by atoms with E-state index in [-0.39, 0.29) is 5.72 Å². The van der Waals surface area contributed by atoms with Crippen LogP contribution in [0, 0.1) is 5.92 Å². The van der Waals surface area contributed by atoms with E-state index in [2.05, 4.69) is 24.2 Å². The van der Waals surface area contributed by atoms with Crippen molar-refractivity contribution in [3.8, 4) is 0 Å². The molecule has 76 valence electrons. The maximum absolute atomic E-state index is 5.71. The highest BCUT2D eigenvalue weighted by molar-refractivity contribution is 4.84. The SMILES string of the molecule is CN1CCC(CC2(C)NCCO2)C1. The van der Waals surface area contributed by atoms with Gasteiger partial charge in [0.2, 0.25) is 0 Å². The van der Waals surface area contributed by atoms with Crippen molar-refractivity contribution in [3.63, 3.8) is 0 Å². The van der Waals surface area contributed by atoms with Gasteiger partial charge < -0.3 is 9.64 Å². The van der Waals surface area contributed by atoms with E-state index in [1.165, 1.54) is 19.5 Å². The smallest absolute Gasteiger partial charge is 0.116 e. The Morgan fingerprint density at radius 1 is 1.62 bits per heavy atom. The molecule has 0 aliphatic carbocycles. The van der Waals surface area contributed by atoms with Crippen LogP contribution in [0.25, 0.3) is 0 Å². The van der Waals surface area contributed by atoms with Gasteiger partial charge in [0.05, 0.1) is 6.61 Å². The second-order valence-electron chi connectivity index (χ2n) is 4.63. The Labute approximate surface area is 80.4 Å². The van der Waals surface area contributed by atoms with E-state index in [1.54, 1.807) is 0 Å². The second kappa shape index (κ2) is 3.56. The first-order valence-corrected chi connectivity index (χ1v) is 5.25. The minimum atomic E-state index is -0.0319. The zero-order valence-electron chi connectivity index (χ0n) is 8.68. The average Bonchev–Trinajstić information content (AvgIpc) is 2.62. The van der Waals surface area contributed by atoms with Crippen molar-refractivity contribution in [1.82, 2.24) is 10.2 Å². The lowest BCUT2D eigenvalue weighted by Crippen LogP contribution is -2.40. The van der Waals surface area contributed by atoms with E-state index in [0.717, 1.165) is 25.5 Å². The Balaban J connectivity index is 1.83. The first-order chi connectivity index (χ1) is 6.18. The fourth-order valence-electron chi connectivity index (χ4n) is 2.52. The number of rotatable bonds is 2. The molecule has 2 aliphatic heterocycles. The van der Waals surface area contributed by atoms with Crippen LogP contribution in [-0.2, 0) is 4.74 Å². The molecular formula is C10H20N2O. The van der Waals surface area contributed by atoms with Crippen LogP contribution in [0.5, 0.6) is 0 Å². The zero-order valence-corrected chi connectivity index (χ0v) is 8.68. The van der Waals surface area contributed by atoms with Crippen molar-refractivity contribution < 1.29 is 4.74 Å². The van der Waals surface area contributed by atoms with Crippen molar-refractivity contribution in [1.29, 1.82) is 0 Å². The molecule has 2 atom stereocenters. The van der Waals surface area contributed by atoms with Gasteiger partial charge in [-0.1, -0.05) is 0 Å². The van der Waals surface area contributed by atoms with E-state index >= 15 is 0 Å². The van der Waals surface area contributed by atoms with Crippen LogP contribution in [0.4, 0.5) is 0 Å². The molecule has 0 aromatic heterocycles. The fraction of sp³-hybridized carbons (Fsp3) is 1.00. The summed E-state index contributed by atoms with van der Waals surface area (Å²) in [7, 11) is 2.20. The summed E-state index contributed by atoms with van der Waals surface area (Å²) >= 11 is 0. The molecule has 0 amide bonds. The monoisotopic (exact) mass is 184 g/mol. The number of hydrogen-bond acceptors (Lipinski definition) is 3. The number of ether oxygens (including phenoxy) is 1. The summed E-state index contributed by atoms with van der Waals surface area (Å²) in [6.45, 7) is 6.55. The molecule has 0 aromatic carbocycles. The Hall–Kier alpha value is -0.120. The Kier molecular flexibility index (Phi) is 2.58. The van der Waals surface area contributed by atoms with E-state index in [9.17, 15) is 0 Å². The van der Waals surface area contributed by atoms with Gasteiger partial charge in [-0.15, -0.1) is 0 Å². The summed E-state index contributed by atoms with van der Waals surface area (Å²) < 4.78 is 5.71. The van der Waals surface area contributed by atoms with Crippen molar-refractivity contribution >= 4 is 0 Å².